The van der Waals surface area contributed by atoms with E-state index in [1.165, 1.54) is 10.7 Å². The molecule has 1 aliphatic rings. The first-order valence-electron chi connectivity index (χ1n) is 9.69. The molecule has 3 aromatic heterocycles. The zero-order valence-electron chi connectivity index (χ0n) is 16.4. The van der Waals surface area contributed by atoms with Crippen LogP contribution in [0.2, 0.25) is 0 Å². The number of nitrogens with one attached hydrogen (secondary N) is 1. The minimum absolute atomic E-state index is 0.117. The van der Waals surface area contributed by atoms with Gasteiger partial charge in [0.15, 0.2) is 5.76 Å². The van der Waals surface area contributed by atoms with Crippen molar-refractivity contribution in [1.82, 2.24) is 19.7 Å². The molecule has 0 saturated carbocycles. The fourth-order valence-electron chi connectivity index (χ4n) is 3.88. The van der Waals surface area contributed by atoms with Gasteiger partial charge in [-0.3, -0.25) is 9.59 Å². The van der Waals surface area contributed by atoms with Gasteiger partial charge >= 0.3 is 0 Å². The first kappa shape index (κ1) is 18.2. The summed E-state index contributed by atoms with van der Waals surface area (Å²) in [5.41, 5.74) is 3.44. The Balaban J connectivity index is 1.40. The number of carbonyl (C=O) groups is 1. The maximum atomic E-state index is 13.0. The zero-order valence-corrected chi connectivity index (χ0v) is 16.4. The van der Waals surface area contributed by atoms with Crippen molar-refractivity contribution in [2.45, 2.75) is 19.5 Å². The van der Waals surface area contributed by atoms with E-state index in [1.54, 1.807) is 36.5 Å². The minimum Gasteiger partial charge on any atom is -0.497 e. The van der Waals surface area contributed by atoms with Gasteiger partial charge in [0.2, 0.25) is 5.91 Å². The number of nitrogens with zero attached hydrogens (tertiary/aromatic N) is 3. The van der Waals surface area contributed by atoms with E-state index in [0.29, 0.717) is 24.5 Å². The van der Waals surface area contributed by atoms with Gasteiger partial charge in [-0.2, -0.15) is 5.10 Å². The quantitative estimate of drug-likeness (QED) is 0.564. The number of hydrogen-bond acceptors (Lipinski definition) is 5. The Morgan fingerprint density at radius 1 is 1.27 bits per heavy atom. The third-order valence-corrected chi connectivity index (χ3v) is 5.46. The first-order valence-corrected chi connectivity index (χ1v) is 9.69. The molecule has 0 fully saturated rings. The first-order chi connectivity index (χ1) is 14.6. The molecule has 5 rings (SSSR count). The van der Waals surface area contributed by atoms with E-state index in [0.717, 1.165) is 34.3 Å². The number of H-pyrrole nitrogens is 1. The Bertz CT molecular complexity index is 1290. The SMILES string of the molecule is COc1ccc2[nH]c3c(c2c1)CN(C(=O)Cn1nc(-c2ccco2)ccc1=O)CC3. The molecule has 0 aliphatic carbocycles. The summed E-state index contributed by atoms with van der Waals surface area (Å²) in [7, 11) is 1.64. The van der Waals surface area contributed by atoms with Crippen molar-refractivity contribution in [2.24, 2.45) is 0 Å². The number of ether oxygens (including phenoxy) is 1. The molecule has 0 bridgehead atoms. The lowest BCUT2D eigenvalue weighted by atomic mass is 10.0. The van der Waals surface area contributed by atoms with E-state index in [4.69, 9.17) is 9.15 Å². The van der Waals surface area contributed by atoms with E-state index >= 15 is 0 Å². The highest BCUT2D eigenvalue weighted by Crippen LogP contribution is 2.30. The van der Waals surface area contributed by atoms with Crippen molar-refractivity contribution < 1.29 is 13.9 Å². The number of fused-ring (bicyclic) bond motifs is 3. The number of carbonyl (C=O) groups excluding carboxylic acids is 1. The van der Waals surface area contributed by atoms with Crippen molar-refractivity contribution in [3.05, 3.63) is 70.3 Å². The third-order valence-electron chi connectivity index (χ3n) is 5.46. The number of furan rings is 1. The average Bonchev–Trinajstić information content (AvgIpc) is 3.42. The number of aromatic amines is 1. The van der Waals surface area contributed by atoms with Gasteiger partial charge in [0.1, 0.15) is 18.0 Å². The maximum Gasteiger partial charge on any atom is 0.267 e. The number of hydrogen-bond donors (Lipinski definition) is 1. The molecule has 8 heteroatoms. The summed E-state index contributed by atoms with van der Waals surface area (Å²) < 4.78 is 11.9. The van der Waals surface area contributed by atoms with E-state index in [-0.39, 0.29) is 18.0 Å². The van der Waals surface area contributed by atoms with Gasteiger partial charge in [0, 0.05) is 47.7 Å². The molecule has 0 radical (unpaired) electrons. The number of aromatic nitrogens is 3. The van der Waals surface area contributed by atoms with Gasteiger partial charge < -0.3 is 19.0 Å². The molecule has 30 heavy (non-hydrogen) atoms. The minimum atomic E-state index is -0.326. The van der Waals surface area contributed by atoms with Crippen LogP contribution in [0.1, 0.15) is 11.3 Å². The van der Waals surface area contributed by atoms with Gasteiger partial charge in [0.25, 0.3) is 5.56 Å². The van der Waals surface area contributed by atoms with Crippen LogP contribution in [0.4, 0.5) is 0 Å². The molecule has 4 aromatic rings. The normalized spacial score (nSPS) is 13.4. The van der Waals surface area contributed by atoms with Gasteiger partial charge in [-0.05, 0) is 36.4 Å². The van der Waals surface area contributed by atoms with Crippen molar-refractivity contribution in [3.8, 4) is 17.2 Å². The topological polar surface area (TPSA) is 93.4 Å². The standard InChI is InChI=1S/C22H20N4O4/c1-29-14-4-5-17-15(11-14)16-12-25(9-8-18(16)23-17)22(28)13-26-21(27)7-6-19(24-26)20-3-2-10-30-20/h2-7,10-11,23H,8-9,12-13H2,1H3. The molecule has 152 valence electrons. The smallest absolute Gasteiger partial charge is 0.267 e. The number of benzene rings is 1. The highest BCUT2D eigenvalue weighted by molar-refractivity contribution is 5.87. The summed E-state index contributed by atoms with van der Waals surface area (Å²) in [6.45, 7) is 0.949. The predicted octanol–water partition coefficient (Wildman–Crippen LogP) is 2.58. The van der Waals surface area contributed by atoms with Crippen LogP contribution in [0.5, 0.6) is 5.75 Å². The van der Waals surface area contributed by atoms with E-state index in [2.05, 4.69) is 10.1 Å². The second-order valence-corrected chi connectivity index (χ2v) is 7.25. The van der Waals surface area contributed by atoms with Gasteiger partial charge in [0.05, 0.1) is 13.4 Å². The molecule has 0 atom stereocenters. The second-order valence-electron chi connectivity index (χ2n) is 7.25. The van der Waals surface area contributed by atoms with Crippen molar-refractivity contribution in [2.75, 3.05) is 13.7 Å². The highest BCUT2D eigenvalue weighted by atomic mass is 16.5. The lowest BCUT2D eigenvalue weighted by molar-refractivity contribution is -0.133. The number of rotatable bonds is 4. The lowest BCUT2D eigenvalue weighted by Gasteiger charge is -2.27. The predicted molar refractivity (Wildman–Crippen MR) is 110 cm³/mol. The van der Waals surface area contributed by atoms with Crippen molar-refractivity contribution in [1.29, 1.82) is 0 Å². The summed E-state index contributed by atoms with van der Waals surface area (Å²) in [6, 6.07) is 12.4. The Morgan fingerprint density at radius 2 is 2.17 bits per heavy atom. The Morgan fingerprint density at radius 3 is 2.97 bits per heavy atom. The summed E-state index contributed by atoms with van der Waals surface area (Å²) in [6.07, 6.45) is 2.27. The second kappa shape index (κ2) is 7.22. The Hall–Kier alpha value is -3.81. The van der Waals surface area contributed by atoms with Crippen LogP contribution in [0, 0.1) is 0 Å². The maximum absolute atomic E-state index is 13.0. The molecule has 1 N–H and O–H groups in total. The van der Waals surface area contributed by atoms with Crippen LogP contribution in [0.3, 0.4) is 0 Å². The highest BCUT2D eigenvalue weighted by Gasteiger charge is 2.25. The summed E-state index contributed by atoms with van der Waals surface area (Å²) in [4.78, 5) is 30.4. The number of amides is 1. The fourth-order valence-corrected chi connectivity index (χ4v) is 3.88. The van der Waals surface area contributed by atoms with Crippen LogP contribution in [-0.4, -0.2) is 39.2 Å². The van der Waals surface area contributed by atoms with Crippen LogP contribution in [0.15, 0.2) is 57.9 Å². The molecule has 1 aromatic carbocycles. The van der Waals surface area contributed by atoms with Gasteiger partial charge in [-0.1, -0.05) is 0 Å². The molecule has 4 heterocycles. The fraction of sp³-hybridized carbons (Fsp3) is 0.227. The van der Waals surface area contributed by atoms with E-state index in [1.807, 2.05) is 18.2 Å². The Labute approximate surface area is 171 Å². The summed E-state index contributed by atoms with van der Waals surface area (Å²) in [5, 5.41) is 5.35. The van der Waals surface area contributed by atoms with Crippen molar-refractivity contribution in [3.63, 3.8) is 0 Å². The molecule has 8 nitrogen and oxygen atoms in total. The summed E-state index contributed by atoms with van der Waals surface area (Å²) in [5.74, 6) is 1.17. The average molecular weight is 404 g/mol. The molecule has 1 amide bonds. The van der Waals surface area contributed by atoms with Crippen LogP contribution in [0.25, 0.3) is 22.4 Å². The van der Waals surface area contributed by atoms with Gasteiger partial charge in [-0.15, -0.1) is 0 Å². The van der Waals surface area contributed by atoms with Crippen LogP contribution < -0.4 is 10.3 Å². The number of methoxy groups -OCH3 is 1. The largest absolute Gasteiger partial charge is 0.497 e. The molecular weight excluding hydrogens is 384 g/mol. The monoisotopic (exact) mass is 404 g/mol. The molecule has 0 unspecified atom stereocenters. The molecule has 1 aliphatic heterocycles. The lowest BCUT2D eigenvalue weighted by Crippen LogP contribution is -2.40. The van der Waals surface area contributed by atoms with Crippen LogP contribution >= 0.6 is 0 Å². The molecule has 0 saturated heterocycles. The molecule has 0 spiro atoms. The summed E-state index contributed by atoms with van der Waals surface area (Å²) >= 11 is 0. The Kier molecular flexibility index (Phi) is 4.39. The van der Waals surface area contributed by atoms with Crippen molar-refractivity contribution >= 4 is 16.8 Å². The molecular formula is C22H20N4O4. The van der Waals surface area contributed by atoms with Gasteiger partial charge in [-0.25, -0.2) is 4.68 Å². The van der Waals surface area contributed by atoms with E-state index in [9.17, 15) is 9.59 Å². The third kappa shape index (κ3) is 3.16. The van der Waals surface area contributed by atoms with Crippen LogP contribution in [-0.2, 0) is 24.3 Å². The van der Waals surface area contributed by atoms with E-state index < -0.39 is 0 Å². The zero-order chi connectivity index (χ0) is 20.7.